The largest absolute Gasteiger partial charge is 0.392 e. The van der Waals surface area contributed by atoms with Gasteiger partial charge in [0.05, 0.1) is 6.10 Å². The Bertz CT molecular complexity index is 143. The van der Waals surface area contributed by atoms with E-state index in [1.54, 1.807) is 0 Å². The Labute approximate surface area is 73.8 Å². The van der Waals surface area contributed by atoms with Crippen molar-refractivity contribution >= 4 is 0 Å². The topological polar surface area (TPSA) is 35.5 Å². The van der Waals surface area contributed by atoms with Crippen molar-refractivity contribution in [3.05, 3.63) is 0 Å². The minimum absolute atomic E-state index is 0.0630. The van der Waals surface area contributed by atoms with Crippen LogP contribution in [0.5, 0.6) is 0 Å². The molecule has 0 radical (unpaired) electrons. The molecule has 0 bridgehead atoms. The van der Waals surface area contributed by atoms with E-state index in [0.29, 0.717) is 6.04 Å². The van der Waals surface area contributed by atoms with Crippen LogP contribution in [0.2, 0.25) is 0 Å². The van der Waals surface area contributed by atoms with Gasteiger partial charge in [-0.1, -0.05) is 0 Å². The van der Waals surface area contributed by atoms with Crippen molar-refractivity contribution in [2.75, 3.05) is 26.2 Å². The van der Waals surface area contributed by atoms with Crippen LogP contribution >= 0.6 is 0 Å². The fraction of sp³-hybridized carbons (Fsp3) is 1.00. The number of aliphatic hydroxyl groups is 1. The number of hydrogen-bond acceptors (Lipinski definition) is 3. The van der Waals surface area contributed by atoms with Crippen LogP contribution in [-0.4, -0.2) is 48.3 Å². The summed E-state index contributed by atoms with van der Waals surface area (Å²) in [7, 11) is 0. The lowest BCUT2D eigenvalue weighted by Gasteiger charge is -2.31. The lowest BCUT2D eigenvalue weighted by atomic mass is 10.1. The highest BCUT2D eigenvalue weighted by Crippen LogP contribution is 2.16. The molecule has 70 valence electrons. The predicted octanol–water partition coefficient (Wildman–Crippen LogP) is -0.195. The van der Waals surface area contributed by atoms with E-state index >= 15 is 0 Å². The molecule has 0 spiro atoms. The summed E-state index contributed by atoms with van der Waals surface area (Å²) in [6.07, 6.45) is 3.50. The first-order valence-corrected chi connectivity index (χ1v) is 4.99. The summed E-state index contributed by atoms with van der Waals surface area (Å²) in [5, 5.41) is 12.8. The summed E-state index contributed by atoms with van der Waals surface area (Å²) in [4.78, 5) is 2.43. The molecule has 0 aromatic carbocycles. The number of nitrogens with zero attached hydrogens (tertiary/aromatic N) is 1. The minimum atomic E-state index is -0.0630. The summed E-state index contributed by atoms with van der Waals surface area (Å²) >= 11 is 0. The maximum absolute atomic E-state index is 9.37. The van der Waals surface area contributed by atoms with Gasteiger partial charge in [0.15, 0.2) is 0 Å². The van der Waals surface area contributed by atoms with Gasteiger partial charge in [-0.3, -0.25) is 4.90 Å². The maximum atomic E-state index is 9.37. The number of rotatable bonds is 1. The zero-order chi connectivity index (χ0) is 8.39. The van der Waals surface area contributed by atoms with Crippen molar-refractivity contribution in [3.63, 3.8) is 0 Å². The number of likely N-dealkylation sites (tertiary alicyclic amines) is 1. The summed E-state index contributed by atoms with van der Waals surface area (Å²) in [5.74, 6) is 0. The number of piperidine rings is 1. The van der Waals surface area contributed by atoms with Crippen LogP contribution in [0.3, 0.4) is 0 Å². The molecule has 12 heavy (non-hydrogen) atoms. The van der Waals surface area contributed by atoms with Crippen molar-refractivity contribution < 1.29 is 5.11 Å². The van der Waals surface area contributed by atoms with E-state index in [0.717, 1.165) is 26.1 Å². The Morgan fingerprint density at radius 1 is 1.33 bits per heavy atom. The maximum Gasteiger partial charge on any atom is 0.0679 e. The first-order valence-electron chi connectivity index (χ1n) is 4.99. The Morgan fingerprint density at radius 2 is 2.25 bits per heavy atom. The van der Waals surface area contributed by atoms with Crippen LogP contribution < -0.4 is 5.32 Å². The molecular weight excluding hydrogens is 152 g/mol. The lowest BCUT2D eigenvalue weighted by Crippen LogP contribution is -2.45. The summed E-state index contributed by atoms with van der Waals surface area (Å²) in [6.45, 7) is 4.28. The standard InChI is InChI=1S/C9H18N2O/c12-9-3-5-11(7-9)8-2-1-4-10-6-8/h8-10,12H,1-7H2/t8?,9-/m0/s1. The first kappa shape index (κ1) is 8.48. The van der Waals surface area contributed by atoms with Crippen molar-refractivity contribution in [2.24, 2.45) is 0 Å². The van der Waals surface area contributed by atoms with E-state index in [2.05, 4.69) is 10.2 Å². The molecule has 3 heteroatoms. The van der Waals surface area contributed by atoms with Gasteiger partial charge >= 0.3 is 0 Å². The fourth-order valence-corrected chi connectivity index (χ4v) is 2.24. The van der Waals surface area contributed by atoms with Gasteiger partial charge in [-0.2, -0.15) is 0 Å². The Hall–Kier alpha value is -0.120. The van der Waals surface area contributed by atoms with E-state index < -0.39 is 0 Å². The lowest BCUT2D eigenvalue weighted by molar-refractivity contribution is 0.147. The molecule has 2 aliphatic heterocycles. The molecule has 0 amide bonds. The summed E-state index contributed by atoms with van der Waals surface area (Å²) < 4.78 is 0. The van der Waals surface area contributed by atoms with Crippen molar-refractivity contribution in [1.82, 2.24) is 10.2 Å². The van der Waals surface area contributed by atoms with Gasteiger partial charge in [-0.05, 0) is 25.8 Å². The molecule has 3 nitrogen and oxygen atoms in total. The highest BCUT2D eigenvalue weighted by Gasteiger charge is 2.27. The van der Waals surface area contributed by atoms with Crippen LogP contribution in [-0.2, 0) is 0 Å². The summed E-state index contributed by atoms with van der Waals surface area (Å²) in [5.41, 5.74) is 0. The van der Waals surface area contributed by atoms with E-state index in [9.17, 15) is 5.11 Å². The second-order valence-corrected chi connectivity index (χ2v) is 3.94. The second kappa shape index (κ2) is 3.73. The van der Waals surface area contributed by atoms with Crippen molar-refractivity contribution in [1.29, 1.82) is 0 Å². The predicted molar refractivity (Wildman–Crippen MR) is 48.1 cm³/mol. The Kier molecular flexibility index (Phi) is 2.63. The quantitative estimate of drug-likeness (QED) is 0.572. The normalized spacial score (nSPS) is 38.8. The van der Waals surface area contributed by atoms with Crippen LogP contribution in [0.25, 0.3) is 0 Å². The van der Waals surface area contributed by atoms with Gasteiger partial charge < -0.3 is 10.4 Å². The number of hydrogen-bond donors (Lipinski definition) is 2. The van der Waals surface area contributed by atoms with E-state index in [1.807, 2.05) is 0 Å². The van der Waals surface area contributed by atoms with Gasteiger partial charge in [0.2, 0.25) is 0 Å². The molecule has 2 rings (SSSR count). The van der Waals surface area contributed by atoms with Crippen LogP contribution in [0.1, 0.15) is 19.3 Å². The fourth-order valence-electron chi connectivity index (χ4n) is 2.24. The SMILES string of the molecule is O[C@H]1CCN(C2CCCNC2)C1. The van der Waals surface area contributed by atoms with E-state index in [4.69, 9.17) is 0 Å². The molecule has 0 saturated carbocycles. The smallest absolute Gasteiger partial charge is 0.0679 e. The summed E-state index contributed by atoms with van der Waals surface area (Å²) in [6, 6.07) is 0.691. The van der Waals surface area contributed by atoms with Gasteiger partial charge in [0.1, 0.15) is 0 Å². The number of aliphatic hydroxyl groups excluding tert-OH is 1. The number of β-amino-alcohol motifs (C(OH)–C–C–N with tert-alkyl or cyclic N) is 1. The van der Waals surface area contributed by atoms with Gasteiger partial charge in [-0.15, -0.1) is 0 Å². The zero-order valence-corrected chi connectivity index (χ0v) is 7.50. The molecule has 2 N–H and O–H groups in total. The van der Waals surface area contributed by atoms with Gasteiger partial charge in [-0.25, -0.2) is 0 Å². The second-order valence-electron chi connectivity index (χ2n) is 3.94. The molecule has 0 aliphatic carbocycles. The molecular formula is C9H18N2O. The average Bonchev–Trinajstić information content (AvgIpc) is 2.54. The highest BCUT2D eigenvalue weighted by atomic mass is 16.3. The van der Waals surface area contributed by atoms with E-state index in [1.165, 1.54) is 19.4 Å². The molecule has 2 saturated heterocycles. The average molecular weight is 170 g/mol. The molecule has 0 aromatic heterocycles. The molecule has 0 aromatic rings. The Balaban J connectivity index is 1.83. The molecule has 2 aliphatic rings. The van der Waals surface area contributed by atoms with Crippen molar-refractivity contribution in [3.8, 4) is 0 Å². The molecule has 2 atom stereocenters. The first-order chi connectivity index (χ1) is 5.86. The van der Waals surface area contributed by atoms with Crippen LogP contribution in [0, 0.1) is 0 Å². The van der Waals surface area contributed by atoms with Crippen LogP contribution in [0.15, 0.2) is 0 Å². The number of nitrogens with one attached hydrogen (secondary N) is 1. The third-order valence-corrected chi connectivity index (χ3v) is 2.98. The molecule has 2 fully saturated rings. The minimum Gasteiger partial charge on any atom is -0.392 e. The highest BCUT2D eigenvalue weighted by molar-refractivity contribution is 4.84. The third-order valence-electron chi connectivity index (χ3n) is 2.98. The van der Waals surface area contributed by atoms with Crippen molar-refractivity contribution in [2.45, 2.75) is 31.4 Å². The molecule has 2 heterocycles. The Morgan fingerprint density at radius 3 is 2.83 bits per heavy atom. The van der Waals surface area contributed by atoms with Gasteiger partial charge in [0, 0.05) is 25.7 Å². The van der Waals surface area contributed by atoms with Crippen LogP contribution in [0.4, 0.5) is 0 Å². The van der Waals surface area contributed by atoms with E-state index in [-0.39, 0.29) is 6.10 Å². The zero-order valence-electron chi connectivity index (χ0n) is 7.50. The monoisotopic (exact) mass is 170 g/mol. The third kappa shape index (κ3) is 1.79. The molecule has 1 unspecified atom stereocenters. The van der Waals surface area contributed by atoms with Gasteiger partial charge in [0.25, 0.3) is 0 Å².